The number of piperidine rings is 1. The predicted octanol–water partition coefficient (Wildman–Crippen LogP) is 2.29. The molecular weight excluding hydrogens is 361 g/mol. The standard InChI is InChI=1S/C20H22FN5O2/c1-12-23-10-19(28-12)17-4-3-13-9-24-14(7-18(13)25-17)8-20(27)26-6-5-16(22-2)15(21)11-26/h3-4,7,9-10,15-16,22H,5-6,8,11H2,1-2H3/t15-,16-/m0/s1. The van der Waals surface area contributed by atoms with Crippen molar-refractivity contribution in [2.45, 2.75) is 32.0 Å². The predicted molar refractivity (Wildman–Crippen MR) is 102 cm³/mol. The number of nitrogens with zero attached hydrogens (tertiary/aromatic N) is 4. The van der Waals surface area contributed by atoms with Crippen LogP contribution in [-0.2, 0) is 11.2 Å². The average molecular weight is 383 g/mol. The van der Waals surface area contributed by atoms with Crippen molar-refractivity contribution in [3.8, 4) is 11.5 Å². The molecule has 1 N–H and O–H groups in total. The van der Waals surface area contributed by atoms with E-state index in [2.05, 4.69) is 20.3 Å². The second-order valence-electron chi connectivity index (χ2n) is 7.02. The summed E-state index contributed by atoms with van der Waals surface area (Å²) in [5.74, 6) is 1.05. The number of aryl methyl sites for hydroxylation is 1. The van der Waals surface area contributed by atoms with Gasteiger partial charge in [-0.2, -0.15) is 0 Å². The van der Waals surface area contributed by atoms with Gasteiger partial charge in [-0.15, -0.1) is 0 Å². The number of aromatic nitrogens is 3. The van der Waals surface area contributed by atoms with E-state index in [0.29, 0.717) is 36.0 Å². The molecule has 3 aromatic heterocycles. The Balaban J connectivity index is 1.51. The van der Waals surface area contributed by atoms with Crippen LogP contribution in [-0.4, -0.2) is 58.1 Å². The molecule has 3 aromatic rings. The summed E-state index contributed by atoms with van der Waals surface area (Å²) in [6.07, 6.45) is 3.01. The van der Waals surface area contributed by atoms with Crippen LogP contribution in [0.15, 0.2) is 35.0 Å². The molecule has 1 aliphatic heterocycles. The largest absolute Gasteiger partial charge is 0.439 e. The van der Waals surface area contributed by atoms with Crippen molar-refractivity contribution in [3.63, 3.8) is 0 Å². The number of nitrogens with one attached hydrogen (secondary N) is 1. The number of halogens is 1. The maximum Gasteiger partial charge on any atom is 0.228 e. The van der Waals surface area contributed by atoms with E-state index < -0.39 is 6.17 Å². The molecule has 1 aliphatic rings. The highest BCUT2D eigenvalue weighted by Crippen LogP contribution is 2.22. The summed E-state index contributed by atoms with van der Waals surface area (Å²) in [6.45, 7) is 2.44. The lowest BCUT2D eigenvalue weighted by molar-refractivity contribution is -0.133. The number of rotatable bonds is 4. The van der Waals surface area contributed by atoms with Crippen LogP contribution in [0.2, 0.25) is 0 Å². The summed E-state index contributed by atoms with van der Waals surface area (Å²) < 4.78 is 19.6. The number of likely N-dealkylation sites (tertiary alicyclic amines) is 1. The quantitative estimate of drug-likeness (QED) is 0.744. The number of carbonyl (C=O) groups is 1. The zero-order valence-electron chi connectivity index (χ0n) is 15.9. The smallest absolute Gasteiger partial charge is 0.228 e. The van der Waals surface area contributed by atoms with Gasteiger partial charge < -0.3 is 14.6 Å². The summed E-state index contributed by atoms with van der Waals surface area (Å²) in [6, 6.07) is 5.37. The maximum atomic E-state index is 14.1. The number of fused-ring (bicyclic) bond motifs is 1. The molecule has 0 radical (unpaired) electrons. The van der Waals surface area contributed by atoms with Crippen molar-refractivity contribution in [1.29, 1.82) is 0 Å². The Bertz CT molecular complexity index is 1010. The Kier molecular flexibility index (Phi) is 5.04. The van der Waals surface area contributed by atoms with E-state index >= 15 is 0 Å². The summed E-state index contributed by atoms with van der Waals surface area (Å²) in [7, 11) is 1.75. The van der Waals surface area contributed by atoms with Gasteiger partial charge in [0.15, 0.2) is 11.7 Å². The number of amides is 1. The third kappa shape index (κ3) is 3.73. The van der Waals surface area contributed by atoms with E-state index in [9.17, 15) is 9.18 Å². The minimum absolute atomic E-state index is 0.116. The Hall–Kier alpha value is -2.87. The first-order valence-corrected chi connectivity index (χ1v) is 9.31. The SMILES string of the molecule is CN[C@H]1CCN(C(=O)Cc2cc3nc(-c4cnc(C)o4)ccc3cn2)C[C@@H]1F. The molecule has 2 atom stereocenters. The molecule has 0 bridgehead atoms. The first kappa shape index (κ1) is 18.5. The van der Waals surface area contributed by atoms with Gasteiger partial charge in [0.25, 0.3) is 0 Å². The molecule has 4 heterocycles. The lowest BCUT2D eigenvalue weighted by Gasteiger charge is -2.34. The Labute approximate surface area is 162 Å². The Morgan fingerprint density at radius 1 is 1.36 bits per heavy atom. The summed E-state index contributed by atoms with van der Waals surface area (Å²) in [5, 5.41) is 3.83. The topological polar surface area (TPSA) is 84.2 Å². The van der Waals surface area contributed by atoms with Crippen molar-refractivity contribution in [2.24, 2.45) is 0 Å². The fraction of sp³-hybridized carbons (Fsp3) is 0.400. The van der Waals surface area contributed by atoms with Gasteiger partial charge in [0.1, 0.15) is 11.9 Å². The van der Waals surface area contributed by atoms with Crippen molar-refractivity contribution >= 4 is 16.8 Å². The zero-order chi connectivity index (χ0) is 19.7. The van der Waals surface area contributed by atoms with Crippen LogP contribution >= 0.6 is 0 Å². The number of hydrogen-bond acceptors (Lipinski definition) is 6. The normalized spacial score (nSPS) is 19.9. The first-order chi connectivity index (χ1) is 13.5. The van der Waals surface area contributed by atoms with Crippen LogP contribution in [0.5, 0.6) is 0 Å². The number of oxazole rings is 1. The number of hydrogen-bond donors (Lipinski definition) is 1. The molecule has 0 aliphatic carbocycles. The van der Waals surface area contributed by atoms with Crippen LogP contribution in [0.4, 0.5) is 4.39 Å². The number of carbonyl (C=O) groups excluding carboxylic acids is 1. The molecule has 0 unspecified atom stereocenters. The van der Waals surface area contributed by atoms with Crippen molar-refractivity contribution < 1.29 is 13.6 Å². The third-order valence-electron chi connectivity index (χ3n) is 5.10. The molecule has 146 valence electrons. The van der Waals surface area contributed by atoms with Gasteiger partial charge in [0, 0.05) is 31.1 Å². The Morgan fingerprint density at radius 3 is 2.93 bits per heavy atom. The molecule has 0 saturated carbocycles. The van der Waals surface area contributed by atoms with Gasteiger partial charge in [0.2, 0.25) is 5.91 Å². The summed E-state index contributed by atoms with van der Waals surface area (Å²) >= 11 is 0. The average Bonchev–Trinajstić information content (AvgIpc) is 3.13. The Morgan fingerprint density at radius 2 is 2.21 bits per heavy atom. The van der Waals surface area contributed by atoms with Crippen LogP contribution < -0.4 is 5.32 Å². The minimum Gasteiger partial charge on any atom is -0.439 e. The van der Waals surface area contributed by atoms with E-state index in [1.54, 1.807) is 37.3 Å². The second-order valence-corrected chi connectivity index (χ2v) is 7.02. The van der Waals surface area contributed by atoms with Crippen LogP contribution in [0.3, 0.4) is 0 Å². The van der Waals surface area contributed by atoms with E-state index in [4.69, 9.17) is 4.42 Å². The third-order valence-corrected chi connectivity index (χ3v) is 5.10. The van der Waals surface area contributed by atoms with E-state index in [0.717, 1.165) is 10.9 Å². The molecule has 0 spiro atoms. The fourth-order valence-corrected chi connectivity index (χ4v) is 3.49. The zero-order valence-corrected chi connectivity index (χ0v) is 15.9. The molecule has 28 heavy (non-hydrogen) atoms. The lowest BCUT2D eigenvalue weighted by Crippen LogP contribution is -2.51. The van der Waals surface area contributed by atoms with E-state index in [1.165, 1.54) is 0 Å². The van der Waals surface area contributed by atoms with Crippen LogP contribution in [0.1, 0.15) is 18.0 Å². The molecule has 7 nitrogen and oxygen atoms in total. The molecule has 4 rings (SSSR count). The van der Waals surface area contributed by atoms with E-state index in [1.807, 2.05) is 12.1 Å². The molecule has 1 fully saturated rings. The van der Waals surface area contributed by atoms with Gasteiger partial charge in [-0.3, -0.25) is 9.78 Å². The first-order valence-electron chi connectivity index (χ1n) is 9.31. The molecule has 0 aromatic carbocycles. The van der Waals surface area contributed by atoms with Gasteiger partial charge in [-0.1, -0.05) is 0 Å². The second kappa shape index (κ2) is 7.63. The highest BCUT2D eigenvalue weighted by Gasteiger charge is 2.30. The van der Waals surface area contributed by atoms with Crippen molar-refractivity contribution in [3.05, 3.63) is 42.2 Å². The van der Waals surface area contributed by atoms with Gasteiger partial charge >= 0.3 is 0 Å². The van der Waals surface area contributed by atoms with Crippen LogP contribution in [0, 0.1) is 6.92 Å². The molecule has 1 amide bonds. The van der Waals surface area contributed by atoms with Gasteiger partial charge in [-0.05, 0) is 31.7 Å². The molecule has 8 heteroatoms. The number of pyridine rings is 2. The van der Waals surface area contributed by atoms with Crippen molar-refractivity contribution in [1.82, 2.24) is 25.2 Å². The lowest BCUT2D eigenvalue weighted by atomic mass is 10.0. The number of alkyl halides is 1. The summed E-state index contributed by atoms with van der Waals surface area (Å²) in [4.78, 5) is 27.2. The minimum atomic E-state index is -1.05. The fourth-order valence-electron chi connectivity index (χ4n) is 3.49. The van der Waals surface area contributed by atoms with E-state index in [-0.39, 0.29) is 24.9 Å². The summed E-state index contributed by atoms with van der Waals surface area (Å²) in [5.41, 5.74) is 2.01. The van der Waals surface area contributed by atoms with Gasteiger partial charge in [0.05, 0.1) is 30.4 Å². The molecular formula is C20H22FN5O2. The highest BCUT2D eigenvalue weighted by molar-refractivity contribution is 5.83. The van der Waals surface area contributed by atoms with Gasteiger partial charge in [-0.25, -0.2) is 14.4 Å². The maximum absolute atomic E-state index is 14.1. The van der Waals surface area contributed by atoms with Crippen LogP contribution in [0.25, 0.3) is 22.4 Å². The molecule has 1 saturated heterocycles. The van der Waals surface area contributed by atoms with Crippen molar-refractivity contribution in [2.75, 3.05) is 20.1 Å². The highest BCUT2D eigenvalue weighted by atomic mass is 19.1. The monoisotopic (exact) mass is 383 g/mol.